The Bertz CT molecular complexity index is 1230. The van der Waals surface area contributed by atoms with E-state index in [4.69, 9.17) is 5.10 Å². The molecule has 0 amide bonds. The predicted molar refractivity (Wildman–Crippen MR) is 126 cm³/mol. The number of para-hydroxylation sites is 2. The first kappa shape index (κ1) is 18.8. The molecule has 3 heteroatoms. The second kappa shape index (κ2) is 8.19. The van der Waals surface area contributed by atoms with Gasteiger partial charge in [-0.2, -0.15) is 5.10 Å². The second-order valence-corrected chi connectivity index (χ2v) is 7.08. The van der Waals surface area contributed by atoms with E-state index in [1.54, 1.807) is 0 Å². The first-order chi connectivity index (χ1) is 14.2. The summed E-state index contributed by atoms with van der Waals surface area (Å²) < 4.78 is 2.24. The van der Waals surface area contributed by atoms with Gasteiger partial charge >= 0.3 is 0 Å². The van der Waals surface area contributed by atoms with Crippen molar-refractivity contribution in [2.75, 3.05) is 5.01 Å². The van der Waals surface area contributed by atoms with Gasteiger partial charge in [-0.1, -0.05) is 54.6 Å². The monoisotopic (exact) mass is 379 g/mol. The molecule has 0 radical (unpaired) electrons. The number of allylic oxidation sites excluding steroid dienone is 4. The van der Waals surface area contributed by atoms with Crippen LogP contribution in [0.1, 0.15) is 19.4 Å². The molecule has 29 heavy (non-hydrogen) atoms. The normalized spacial score (nSPS) is 12.6. The largest absolute Gasteiger partial charge is 0.344 e. The van der Waals surface area contributed by atoms with E-state index in [0.29, 0.717) is 0 Å². The zero-order valence-corrected chi connectivity index (χ0v) is 17.1. The van der Waals surface area contributed by atoms with Crippen molar-refractivity contribution in [1.82, 2.24) is 4.57 Å². The lowest BCUT2D eigenvalue weighted by Gasteiger charge is -2.19. The SMILES string of the molecule is C/C=C\C=C(/C)N(/N=C/c1ccc2c(c1)c1ccccc1n2C)c1ccccc1. The highest BCUT2D eigenvalue weighted by atomic mass is 15.5. The van der Waals surface area contributed by atoms with Crippen LogP contribution in [0.4, 0.5) is 5.69 Å². The molecule has 0 atom stereocenters. The number of hydrogen-bond donors (Lipinski definition) is 0. The summed E-state index contributed by atoms with van der Waals surface area (Å²) in [6, 6.07) is 25.2. The van der Waals surface area contributed by atoms with Gasteiger partial charge in [0.1, 0.15) is 0 Å². The second-order valence-electron chi connectivity index (χ2n) is 7.08. The molecule has 1 aromatic heterocycles. The molecule has 3 aromatic carbocycles. The Kier molecular flexibility index (Phi) is 5.30. The number of nitrogens with zero attached hydrogens (tertiary/aromatic N) is 3. The molecule has 0 saturated carbocycles. The number of hydrogen-bond acceptors (Lipinski definition) is 2. The van der Waals surface area contributed by atoms with Crippen molar-refractivity contribution in [3.63, 3.8) is 0 Å². The number of aromatic nitrogens is 1. The van der Waals surface area contributed by atoms with E-state index in [-0.39, 0.29) is 0 Å². The van der Waals surface area contributed by atoms with Gasteiger partial charge in [-0.3, -0.25) is 0 Å². The minimum absolute atomic E-state index is 1.04. The highest BCUT2D eigenvalue weighted by Gasteiger charge is 2.09. The summed E-state index contributed by atoms with van der Waals surface area (Å²) in [4.78, 5) is 0. The van der Waals surface area contributed by atoms with E-state index in [9.17, 15) is 0 Å². The molecule has 0 N–H and O–H groups in total. The number of fused-ring (bicyclic) bond motifs is 3. The van der Waals surface area contributed by atoms with E-state index in [1.807, 2.05) is 48.5 Å². The average molecular weight is 380 g/mol. The molecule has 0 aliphatic rings. The van der Waals surface area contributed by atoms with Crippen LogP contribution in [0.25, 0.3) is 21.8 Å². The Labute approximate surface area is 171 Å². The van der Waals surface area contributed by atoms with Gasteiger partial charge in [-0.05, 0) is 55.8 Å². The van der Waals surface area contributed by atoms with E-state index in [2.05, 4.69) is 79.2 Å². The summed E-state index contributed by atoms with van der Waals surface area (Å²) in [6.07, 6.45) is 8.05. The maximum atomic E-state index is 4.81. The van der Waals surface area contributed by atoms with Crippen molar-refractivity contribution in [3.8, 4) is 0 Å². The minimum Gasteiger partial charge on any atom is -0.344 e. The zero-order valence-electron chi connectivity index (χ0n) is 17.1. The van der Waals surface area contributed by atoms with Crippen LogP contribution in [0.15, 0.2) is 102 Å². The van der Waals surface area contributed by atoms with Crippen LogP contribution < -0.4 is 5.01 Å². The molecule has 4 aromatic rings. The molecular formula is C26H25N3. The third-order valence-electron chi connectivity index (χ3n) is 5.12. The van der Waals surface area contributed by atoms with Gasteiger partial charge in [0.25, 0.3) is 0 Å². The molecule has 0 fully saturated rings. The fourth-order valence-corrected chi connectivity index (χ4v) is 3.63. The zero-order chi connectivity index (χ0) is 20.2. The Hall–Kier alpha value is -3.59. The Morgan fingerprint density at radius 2 is 1.62 bits per heavy atom. The smallest absolute Gasteiger partial charge is 0.0648 e. The number of anilines is 1. The van der Waals surface area contributed by atoms with Gasteiger partial charge in [0.05, 0.1) is 11.9 Å². The molecule has 0 bridgehead atoms. The third-order valence-corrected chi connectivity index (χ3v) is 5.12. The molecule has 144 valence electrons. The van der Waals surface area contributed by atoms with Gasteiger partial charge in [0.2, 0.25) is 0 Å². The van der Waals surface area contributed by atoms with Gasteiger partial charge in [-0.25, -0.2) is 5.01 Å². The maximum absolute atomic E-state index is 4.81. The van der Waals surface area contributed by atoms with Crippen molar-refractivity contribution in [2.24, 2.45) is 12.1 Å². The lowest BCUT2D eigenvalue weighted by Crippen LogP contribution is -2.13. The van der Waals surface area contributed by atoms with Gasteiger partial charge in [0.15, 0.2) is 0 Å². The first-order valence-electron chi connectivity index (χ1n) is 9.85. The van der Waals surface area contributed by atoms with Crippen LogP contribution in [-0.2, 0) is 7.05 Å². The predicted octanol–water partition coefficient (Wildman–Crippen LogP) is 6.65. The molecular weight excluding hydrogens is 354 g/mol. The summed E-state index contributed by atoms with van der Waals surface area (Å²) in [5.74, 6) is 0. The van der Waals surface area contributed by atoms with Crippen LogP contribution >= 0.6 is 0 Å². The lowest BCUT2D eigenvalue weighted by atomic mass is 10.1. The summed E-state index contributed by atoms with van der Waals surface area (Å²) in [7, 11) is 2.12. The first-order valence-corrected chi connectivity index (χ1v) is 9.85. The Morgan fingerprint density at radius 3 is 2.41 bits per heavy atom. The van der Waals surface area contributed by atoms with E-state index in [0.717, 1.165) is 16.9 Å². The maximum Gasteiger partial charge on any atom is 0.0648 e. The van der Waals surface area contributed by atoms with Gasteiger partial charge in [0, 0.05) is 34.6 Å². The molecule has 4 rings (SSSR count). The summed E-state index contributed by atoms with van der Waals surface area (Å²) >= 11 is 0. The average Bonchev–Trinajstić information content (AvgIpc) is 3.05. The molecule has 0 aliphatic carbocycles. The summed E-state index contributed by atoms with van der Waals surface area (Å²) in [6.45, 7) is 4.08. The number of aryl methyl sites for hydroxylation is 1. The quantitative estimate of drug-likeness (QED) is 0.216. The van der Waals surface area contributed by atoms with Crippen molar-refractivity contribution in [1.29, 1.82) is 0 Å². The van der Waals surface area contributed by atoms with Crippen molar-refractivity contribution in [2.45, 2.75) is 13.8 Å². The summed E-state index contributed by atoms with van der Waals surface area (Å²) in [5.41, 5.74) is 5.64. The van der Waals surface area contributed by atoms with Crippen LogP contribution in [0.2, 0.25) is 0 Å². The van der Waals surface area contributed by atoms with Crippen molar-refractivity contribution in [3.05, 3.63) is 102 Å². The van der Waals surface area contributed by atoms with Crippen molar-refractivity contribution >= 4 is 33.7 Å². The molecule has 0 spiro atoms. The van der Waals surface area contributed by atoms with Crippen molar-refractivity contribution < 1.29 is 0 Å². The summed E-state index contributed by atoms with van der Waals surface area (Å²) in [5, 5.41) is 9.29. The molecule has 0 aliphatic heterocycles. The minimum atomic E-state index is 1.04. The van der Waals surface area contributed by atoms with Gasteiger partial charge in [-0.15, -0.1) is 0 Å². The highest BCUT2D eigenvalue weighted by Crippen LogP contribution is 2.28. The van der Waals surface area contributed by atoms with Crippen LogP contribution in [-0.4, -0.2) is 10.8 Å². The molecule has 3 nitrogen and oxygen atoms in total. The Balaban J connectivity index is 1.75. The van der Waals surface area contributed by atoms with Crippen LogP contribution in [0, 0.1) is 0 Å². The number of hydrazone groups is 1. The fourth-order valence-electron chi connectivity index (χ4n) is 3.63. The topological polar surface area (TPSA) is 20.5 Å². The standard InChI is InChI=1S/C26H25N3/c1-4-5-11-20(2)29(22-12-7-6-8-13-22)27-19-21-16-17-26-24(18-21)23-14-9-10-15-25(23)28(26)3/h4-19H,1-3H3/b5-4-,20-11+,27-19+. The number of benzene rings is 3. The van der Waals surface area contributed by atoms with E-state index >= 15 is 0 Å². The third kappa shape index (κ3) is 3.72. The van der Waals surface area contributed by atoms with E-state index in [1.165, 1.54) is 21.8 Å². The fraction of sp³-hybridized carbons (Fsp3) is 0.115. The van der Waals surface area contributed by atoms with Crippen LogP contribution in [0.5, 0.6) is 0 Å². The highest BCUT2D eigenvalue weighted by molar-refractivity contribution is 6.09. The lowest BCUT2D eigenvalue weighted by molar-refractivity contribution is 1.00. The molecule has 0 saturated heterocycles. The Morgan fingerprint density at radius 1 is 0.897 bits per heavy atom. The molecule has 1 heterocycles. The van der Waals surface area contributed by atoms with Crippen LogP contribution in [0.3, 0.4) is 0 Å². The number of rotatable bonds is 5. The molecule has 0 unspecified atom stereocenters. The van der Waals surface area contributed by atoms with Gasteiger partial charge < -0.3 is 4.57 Å². The van der Waals surface area contributed by atoms with E-state index < -0.39 is 0 Å².